The lowest BCUT2D eigenvalue weighted by atomic mass is 10.1. The Morgan fingerprint density at radius 3 is 2.43 bits per heavy atom. The minimum absolute atomic E-state index is 0.942. The van der Waals surface area contributed by atoms with Crippen molar-refractivity contribution in [3.63, 3.8) is 0 Å². The first-order valence-electron chi connectivity index (χ1n) is 9.97. The van der Waals surface area contributed by atoms with Gasteiger partial charge >= 0.3 is 0 Å². The van der Waals surface area contributed by atoms with E-state index in [0.717, 1.165) is 11.5 Å². The van der Waals surface area contributed by atoms with Crippen LogP contribution in [0.1, 0.15) is 22.3 Å². The molecule has 4 aromatic rings. The zero-order chi connectivity index (χ0) is 20.8. The zero-order valence-corrected chi connectivity index (χ0v) is 18.5. The van der Waals surface area contributed by atoms with Gasteiger partial charge in [-0.3, -0.25) is 0 Å². The predicted octanol–water partition coefficient (Wildman–Crippen LogP) is 8.71. The fourth-order valence-electron chi connectivity index (χ4n) is 3.44. The lowest BCUT2D eigenvalue weighted by Crippen LogP contribution is -1.86. The van der Waals surface area contributed by atoms with Gasteiger partial charge in [0.2, 0.25) is 0 Å². The van der Waals surface area contributed by atoms with Crippen LogP contribution < -0.4 is 0 Å². The van der Waals surface area contributed by atoms with Gasteiger partial charge in [0.1, 0.15) is 0 Å². The van der Waals surface area contributed by atoms with Gasteiger partial charge in [0.15, 0.2) is 0 Å². The molecular weight excluding hydrogens is 400 g/mol. The summed E-state index contributed by atoms with van der Waals surface area (Å²) < 4.78 is 0. The average Bonchev–Trinajstić information content (AvgIpc) is 2.81. The Hall–Kier alpha value is -2.68. The molecule has 0 saturated heterocycles. The zero-order valence-electron chi connectivity index (χ0n) is 16.9. The maximum atomic E-state index is 3.94. The molecule has 0 spiro atoms. The van der Waals surface area contributed by atoms with Crippen LogP contribution in [0.5, 0.6) is 0 Å². The molecule has 0 unspecified atom stereocenters. The number of fused-ring (bicyclic) bond motifs is 1. The molecule has 0 radical (unpaired) electrons. The molecule has 0 nitrogen and oxygen atoms in total. The van der Waals surface area contributed by atoms with Crippen molar-refractivity contribution in [2.45, 2.75) is 21.3 Å². The fourth-order valence-corrected chi connectivity index (χ4v) is 5.42. The Bertz CT molecular complexity index is 1190. The second kappa shape index (κ2) is 9.88. The molecule has 0 saturated carbocycles. The maximum absolute atomic E-state index is 3.94. The highest BCUT2D eigenvalue weighted by atomic mass is 32.2. The predicted molar refractivity (Wildman–Crippen MR) is 136 cm³/mol. The highest BCUT2D eigenvalue weighted by Crippen LogP contribution is 2.34. The smallest absolute Gasteiger partial charge is 0.0238 e. The van der Waals surface area contributed by atoms with E-state index in [-0.39, 0.29) is 0 Å². The molecule has 0 bridgehead atoms. The molecule has 0 fully saturated rings. The largest absolute Gasteiger partial charge is 0.121 e. The standard InChI is InChI=1S/C28H24S2/c1-3-21-9-7-10-22(17-21)19-29-26-15-16-27-24(18-26)13-8-14-28(27)30-20-25-12-6-5-11-23(25)4-2/h3-18H,1-2,19-20H2. The summed E-state index contributed by atoms with van der Waals surface area (Å²) in [5.41, 5.74) is 5.03. The molecule has 0 aliphatic carbocycles. The van der Waals surface area contributed by atoms with Crippen molar-refractivity contribution in [1.29, 1.82) is 0 Å². The lowest BCUT2D eigenvalue weighted by Gasteiger charge is -2.10. The van der Waals surface area contributed by atoms with Crippen molar-refractivity contribution in [2.75, 3.05) is 0 Å². The van der Waals surface area contributed by atoms with Crippen LogP contribution in [0.3, 0.4) is 0 Å². The molecule has 30 heavy (non-hydrogen) atoms. The summed E-state index contributed by atoms with van der Waals surface area (Å²) in [6, 6.07) is 30.4. The van der Waals surface area contributed by atoms with Crippen molar-refractivity contribution in [3.8, 4) is 0 Å². The van der Waals surface area contributed by atoms with Gasteiger partial charge in [-0.1, -0.05) is 92.0 Å². The topological polar surface area (TPSA) is 0 Å². The van der Waals surface area contributed by atoms with Crippen molar-refractivity contribution < 1.29 is 0 Å². The van der Waals surface area contributed by atoms with E-state index >= 15 is 0 Å². The van der Waals surface area contributed by atoms with Crippen LogP contribution in [0.25, 0.3) is 22.9 Å². The molecule has 0 N–H and O–H groups in total. The number of hydrogen-bond donors (Lipinski definition) is 0. The summed E-state index contributed by atoms with van der Waals surface area (Å²) in [7, 11) is 0. The minimum atomic E-state index is 0.942. The summed E-state index contributed by atoms with van der Waals surface area (Å²) in [5, 5.41) is 2.61. The number of rotatable bonds is 8. The molecule has 0 aliphatic heterocycles. The first-order chi connectivity index (χ1) is 14.8. The molecule has 4 aromatic carbocycles. The van der Waals surface area contributed by atoms with Crippen LogP contribution in [0.4, 0.5) is 0 Å². The van der Waals surface area contributed by atoms with Gasteiger partial charge in [-0.15, -0.1) is 23.5 Å². The Balaban J connectivity index is 1.50. The minimum Gasteiger partial charge on any atom is -0.121 e. The monoisotopic (exact) mass is 424 g/mol. The van der Waals surface area contributed by atoms with Crippen molar-refractivity contribution >= 4 is 46.4 Å². The Kier molecular flexibility index (Phi) is 6.78. The van der Waals surface area contributed by atoms with E-state index in [9.17, 15) is 0 Å². The first-order valence-corrected chi connectivity index (χ1v) is 11.9. The van der Waals surface area contributed by atoms with Crippen molar-refractivity contribution in [2.24, 2.45) is 0 Å². The molecular formula is C28H24S2. The van der Waals surface area contributed by atoms with E-state index in [1.165, 1.54) is 42.8 Å². The SMILES string of the molecule is C=Cc1cccc(CSc2ccc3c(SCc4ccccc4C=C)cccc3c2)c1. The highest BCUT2D eigenvalue weighted by Gasteiger charge is 2.06. The molecule has 2 heteroatoms. The number of benzene rings is 4. The van der Waals surface area contributed by atoms with E-state index in [1.807, 2.05) is 35.7 Å². The van der Waals surface area contributed by atoms with E-state index in [0.29, 0.717) is 0 Å². The molecule has 0 amide bonds. The van der Waals surface area contributed by atoms with Gasteiger partial charge in [0.25, 0.3) is 0 Å². The number of thioether (sulfide) groups is 2. The van der Waals surface area contributed by atoms with Crippen molar-refractivity contribution in [1.82, 2.24) is 0 Å². The third-order valence-corrected chi connectivity index (χ3v) is 7.25. The van der Waals surface area contributed by atoms with Gasteiger partial charge in [0, 0.05) is 21.3 Å². The van der Waals surface area contributed by atoms with Gasteiger partial charge in [0.05, 0.1) is 0 Å². The van der Waals surface area contributed by atoms with Crippen LogP contribution in [-0.4, -0.2) is 0 Å². The molecule has 0 aliphatic rings. The molecule has 0 atom stereocenters. The van der Waals surface area contributed by atoms with Crippen LogP contribution in [0.15, 0.2) is 108 Å². The van der Waals surface area contributed by atoms with Crippen LogP contribution in [0.2, 0.25) is 0 Å². The van der Waals surface area contributed by atoms with Gasteiger partial charge in [-0.2, -0.15) is 0 Å². The third kappa shape index (κ3) is 4.89. The second-order valence-corrected chi connectivity index (χ2v) is 9.13. The van der Waals surface area contributed by atoms with Gasteiger partial charge < -0.3 is 0 Å². The van der Waals surface area contributed by atoms with Gasteiger partial charge in [-0.05, 0) is 51.2 Å². The summed E-state index contributed by atoms with van der Waals surface area (Å²) in [6.07, 6.45) is 3.84. The molecule has 4 rings (SSSR count). The van der Waals surface area contributed by atoms with Gasteiger partial charge in [-0.25, -0.2) is 0 Å². The highest BCUT2D eigenvalue weighted by molar-refractivity contribution is 7.99. The summed E-state index contributed by atoms with van der Waals surface area (Å²) >= 11 is 3.77. The van der Waals surface area contributed by atoms with Crippen LogP contribution in [-0.2, 0) is 11.5 Å². The Labute approximate surface area is 187 Å². The number of hydrogen-bond acceptors (Lipinski definition) is 2. The first kappa shape index (κ1) is 20.6. The Morgan fingerprint density at radius 1 is 0.700 bits per heavy atom. The fraction of sp³-hybridized carbons (Fsp3) is 0.0714. The third-order valence-electron chi connectivity index (χ3n) is 5.06. The second-order valence-electron chi connectivity index (χ2n) is 7.07. The normalized spacial score (nSPS) is 10.8. The van der Waals surface area contributed by atoms with E-state index < -0.39 is 0 Å². The summed E-state index contributed by atoms with van der Waals surface area (Å²) in [4.78, 5) is 2.62. The lowest BCUT2D eigenvalue weighted by molar-refractivity contribution is 1.37. The Morgan fingerprint density at radius 2 is 1.57 bits per heavy atom. The van der Waals surface area contributed by atoms with E-state index in [1.54, 1.807) is 0 Å². The van der Waals surface area contributed by atoms with E-state index in [2.05, 4.69) is 98.1 Å². The maximum Gasteiger partial charge on any atom is 0.0238 e. The summed E-state index contributed by atoms with van der Waals surface area (Å²) in [5.74, 6) is 1.90. The molecule has 0 heterocycles. The molecule has 148 valence electrons. The van der Waals surface area contributed by atoms with Crippen LogP contribution >= 0.6 is 23.5 Å². The van der Waals surface area contributed by atoms with Crippen molar-refractivity contribution in [3.05, 3.63) is 120 Å². The summed E-state index contributed by atoms with van der Waals surface area (Å²) in [6.45, 7) is 7.80. The van der Waals surface area contributed by atoms with E-state index in [4.69, 9.17) is 0 Å². The van der Waals surface area contributed by atoms with Crippen LogP contribution in [0, 0.1) is 0 Å². The quantitative estimate of drug-likeness (QED) is 0.259. The molecule has 0 aromatic heterocycles. The average molecular weight is 425 g/mol.